The maximum Gasteiger partial charge on any atom is 0.162 e. The van der Waals surface area contributed by atoms with Gasteiger partial charge in [0.05, 0.1) is 6.61 Å². The Kier molecular flexibility index (Phi) is 6.27. The van der Waals surface area contributed by atoms with Crippen molar-refractivity contribution in [3.05, 3.63) is 29.8 Å². The van der Waals surface area contributed by atoms with Crippen molar-refractivity contribution in [1.29, 1.82) is 0 Å². The average molecular weight is 299 g/mol. The monoisotopic (exact) mass is 298 g/mol. The Morgan fingerprint density at radius 1 is 1.29 bits per heavy atom. The summed E-state index contributed by atoms with van der Waals surface area (Å²) in [5, 5.41) is 0.954. The van der Waals surface area contributed by atoms with Gasteiger partial charge in [-0.2, -0.15) is 0 Å². The van der Waals surface area contributed by atoms with Crippen molar-refractivity contribution >= 4 is 21.7 Å². The van der Waals surface area contributed by atoms with Crippen molar-refractivity contribution in [3.8, 4) is 5.75 Å². The number of ketones is 1. The van der Waals surface area contributed by atoms with Crippen LogP contribution >= 0.6 is 15.9 Å². The molecule has 94 valence electrons. The van der Waals surface area contributed by atoms with Gasteiger partial charge >= 0.3 is 0 Å². The minimum atomic E-state index is 0.170. The highest BCUT2D eigenvalue weighted by Crippen LogP contribution is 2.15. The van der Waals surface area contributed by atoms with E-state index in [2.05, 4.69) is 22.9 Å². The summed E-state index contributed by atoms with van der Waals surface area (Å²) in [4.78, 5) is 11.4. The van der Waals surface area contributed by atoms with E-state index < -0.39 is 0 Å². The Labute approximate surface area is 111 Å². The van der Waals surface area contributed by atoms with Gasteiger partial charge in [0, 0.05) is 23.2 Å². The number of alkyl halides is 1. The second-order valence-corrected chi connectivity index (χ2v) is 4.69. The molecule has 1 aromatic carbocycles. The molecule has 0 aliphatic heterocycles. The maximum absolute atomic E-state index is 11.4. The van der Waals surface area contributed by atoms with Crippen LogP contribution in [0.25, 0.3) is 0 Å². The second-order valence-electron chi connectivity index (χ2n) is 4.04. The molecule has 0 bridgehead atoms. The largest absolute Gasteiger partial charge is 0.493 e. The molecule has 0 saturated heterocycles. The third-order valence-corrected chi connectivity index (χ3v) is 3.69. The molecule has 17 heavy (non-hydrogen) atoms. The van der Waals surface area contributed by atoms with Crippen molar-refractivity contribution in [3.63, 3.8) is 0 Å². The lowest BCUT2D eigenvalue weighted by Gasteiger charge is -2.13. The van der Waals surface area contributed by atoms with E-state index in [4.69, 9.17) is 4.74 Å². The molecule has 0 N–H and O–H groups in total. The Morgan fingerprint density at radius 2 is 1.94 bits per heavy atom. The first-order chi connectivity index (χ1) is 8.21. The van der Waals surface area contributed by atoms with Gasteiger partial charge in [0.2, 0.25) is 0 Å². The Bertz CT molecular complexity index is 342. The molecule has 1 rings (SSSR count). The summed E-state index contributed by atoms with van der Waals surface area (Å²) in [6.07, 6.45) is 1.64. The van der Waals surface area contributed by atoms with Gasteiger partial charge in [0.15, 0.2) is 5.78 Å². The fourth-order valence-corrected chi connectivity index (χ4v) is 2.07. The molecule has 0 fully saturated rings. The van der Waals surface area contributed by atoms with Crippen LogP contribution in [0.4, 0.5) is 0 Å². The number of Topliss-reactive ketones (excluding diaryl/α,β-unsaturated/α-hetero) is 1. The average Bonchev–Trinajstić information content (AvgIpc) is 2.39. The van der Waals surface area contributed by atoms with Crippen LogP contribution in [-0.2, 0) is 0 Å². The van der Waals surface area contributed by atoms with Crippen molar-refractivity contribution in [2.75, 3.05) is 11.9 Å². The van der Waals surface area contributed by atoms with Crippen LogP contribution < -0.4 is 4.74 Å². The molecular formula is C14H19BrO2. The smallest absolute Gasteiger partial charge is 0.162 e. The van der Waals surface area contributed by atoms with Crippen molar-refractivity contribution < 1.29 is 9.53 Å². The number of benzene rings is 1. The first-order valence-electron chi connectivity index (χ1n) is 6.03. The molecule has 0 aliphatic rings. The zero-order valence-corrected chi connectivity index (χ0v) is 12.0. The molecule has 1 unspecified atom stereocenters. The summed E-state index contributed by atoms with van der Waals surface area (Å²) in [6, 6.07) is 7.39. The summed E-state index contributed by atoms with van der Waals surface area (Å²) in [5.41, 5.74) is 0.757. The lowest BCUT2D eigenvalue weighted by molar-refractivity contribution is 0.0988. The van der Waals surface area contributed by atoms with Crippen molar-refractivity contribution in [1.82, 2.24) is 0 Å². The summed E-state index contributed by atoms with van der Waals surface area (Å²) in [5.74, 6) is 1.53. The molecular weight excluding hydrogens is 280 g/mol. The molecule has 0 amide bonds. The van der Waals surface area contributed by atoms with E-state index in [1.54, 1.807) is 0 Å². The topological polar surface area (TPSA) is 26.3 Å². The Morgan fingerprint density at radius 3 is 2.41 bits per heavy atom. The van der Waals surface area contributed by atoms with Crippen LogP contribution in [0, 0.1) is 5.92 Å². The molecule has 0 saturated carbocycles. The Hall–Kier alpha value is -0.830. The van der Waals surface area contributed by atoms with Crippen LogP contribution in [0.15, 0.2) is 24.3 Å². The fourth-order valence-electron chi connectivity index (χ4n) is 1.43. The molecule has 0 spiro atoms. The molecule has 3 heteroatoms. The van der Waals surface area contributed by atoms with E-state index >= 15 is 0 Å². The van der Waals surface area contributed by atoms with Gasteiger partial charge in [0.25, 0.3) is 0 Å². The summed E-state index contributed by atoms with van der Waals surface area (Å²) in [6.45, 7) is 4.73. The van der Waals surface area contributed by atoms with Crippen LogP contribution in [0.3, 0.4) is 0 Å². The summed E-state index contributed by atoms with van der Waals surface area (Å²) in [7, 11) is 0. The molecule has 0 radical (unpaired) electrons. The minimum absolute atomic E-state index is 0.170. The summed E-state index contributed by atoms with van der Waals surface area (Å²) < 4.78 is 5.68. The first kappa shape index (κ1) is 14.2. The lowest BCUT2D eigenvalue weighted by Crippen LogP contribution is -2.12. The minimum Gasteiger partial charge on any atom is -0.493 e. The number of halogens is 1. The molecule has 1 atom stereocenters. The van der Waals surface area contributed by atoms with Crippen LogP contribution in [0.5, 0.6) is 5.75 Å². The number of hydrogen-bond acceptors (Lipinski definition) is 2. The second kappa shape index (κ2) is 7.49. The number of carbonyl (C=O) groups excluding carboxylic acids is 1. The van der Waals surface area contributed by atoms with E-state index in [0.29, 0.717) is 18.9 Å². The fraction of sp³-hybridized carbons (Fsp3) is 0.500. The SMILES string of the molecule is CCC(=O)c1ccc(OCC(CC)CBr)cc1. The van der Waals surface area contributed by atoms with Gasteiger partial charge in [-0.1, -0.05) is 29.8 Å². The molecule has 0 aliphatic carbocycles. The van der Waals surface area contributed by atoms with Gasteiger partial charge in [-0.15, -0.1) is 0 Å². The van der Waals surface area contributed by atoms with E-state index in [0.717, 1.165) is 23.1 Å². The highest BCUT2D eigenvalue weighted by Gasteiger charge is 2.06. The van der Waals surface area contributed by atoms with Crippen LogP contribution in [-0.4, -0.2) is 17.7 Å². The van der Waals surface area contributed by atoms with E-state index in [1.807, 2.05) is 31.2 Å². The number of hydrogen-bond donors (Lipinski definition) is 0. The number of carbonyl (C=O) groups is 1. The molecule has 0 aromatic heterocycles. The quantitative estimate of drug-likeness (QED) is 0.560. The predicted molar refractivity (Wildman–Crippen MR) is 74.1 cm³/mol. The van der Waals surface area contributed by atoms with Gasteiger partial charge in [-0.25, -0.2) is 0 Å². The maximum atomic E-state index is 11.4. The zero-order chi connectivity index (χ0) is 12.7. The zero-order valence-electron chi connectivity index (χ0n) is 10.4. The third kappa shape index (κ3) is 4.50. The van der Waals surface area contributed by atoms with Crippen molar-refractivity contribution in [2.24, 2.45) is 5.92 Å². The molecule has 1 aromatic rings. The van der Waals surface area contributed by atoms with E-state index in [-0.39, 0.29) is 5.78 Å². The highest BCUT2D eigenvalue weighted by molar-refractivity contribution is 9.09. The molecule has 0 heterocycles. The molecule has 2 nitrogen and oxygen atoms in total. The Balaban J connectivity index is 2.53. The predicted octanol–water partition coefficient (Wildman–Crippen LogP) is 4.08. The number of ether oxygens (including phenoxy) is 1. The standard InChI is InChI=1S/C14H19BrO2/c1-3-11(9-15)10-17-13-7-5-12(6-8-13)14(16)4-2/h5-8,11H,3-4,9-10H2,1-2H3. The normalized spacial score (nSPS) is 12.2. The van der Waals surface area contributed by atoms with Crippen LogP contribution in [0.1, 0.15) is 37.0 Å². The van der Waals surface area contributed by atoms with Gasteiger partial charge in [-0.05, 0) is 30.7 Å². The van der Waals surface area contributed by atoms with Crippen LogP contribution in [0.2, 0.25) is 0 Å². The summed E-state index contributed by atoms with van der Waals surface area (Å²) >= 11 is 3.46. The van der Waals surface area contributed by atoms with Crippen molar-refractivity contribution in [2.45, 2.75) is 26.7 Å². The number of rotatable bonds is 7. The van der Waals surface area contributed by atoms with Gasteiger partial charge < -0.3 is 4.74 Å². The van der Waals surface area contributed by atoms with Gasteiger partial charge in [0.1, 0.15) is 5.75 Å². The highest BCUT2D eigenvalue weighted by atomic mass is 79.9. The van der Waals surface area contributed by atoms with Gasteiger partial charge in [-0.3, -0.25) is 4.79 Å². The lowest BCUT2D eigenvalue weighted by atomic mass is 10.1. The van der Waals surface area contributed by atoms with E-state index in [9.17, 15) is 4.79 Å². The van der Waals surface area contributed by atoms with E-state index in [1.165, 1.54) is 0 Å². The third-order valence-electron chi connectivity index (χ3n) is 2.78. The first-order valence-corrected chi connectivity index (χ1v) is 7.15.